The van der Waals surface area contributed by atoms with E-state index in [1.54, 1.807) is 0 Å². The number of carbonyl (C=O) groups is 2. The Hall–Kier alpha value is -1.06. The fourth-order valence-corrected chi connectivity index (χ4v) is 0.944. The van der Waals surface area contributed by atoms with Crippen LogP contribution in [0.2, 0.25) is 0 Å². The SMILES string of the molecule is O=C1CCC(C(=O)O)CN1. The number of rotatable bonds is 1. The third kappa shape index (κ3) is 1.46. The van der Waals surface area contributed by atoms with Gasteiger partial charge in [0, 0.05) is 13.0 Å². The summed E-state index contributed by atoms with van der Waals surface area (Å²) in [5.41, 5.74) is 0. The van der Waals surface area contributed by atoms with E-state index in [9.17, 15) is 9.59 Å². The van der Waals surface area contributed by atoms with Gasteiger partial charge in [-0.15, -0.1) is 0 Å². The topological polar surface area (TPSA) is 66.4 Å². The Morgan fingerprint density at radius 3 is 2.80 bits per heavy atom. The zero-order valence-electron chi connectivity index (χ0n) is 5.46. The number of carboxylic acids is 1. The maximum atomic E-state index is 10.5. The van der Waals surface area contributed by atoms with Gasteiger partial charge in [-0.05, 0) is 6.42 Å². The molecule has 1 aliphatic heterocycles. The molecule has 1 aliphatic rings. The van der Waals surface area contributed by atoms with Gasteiger partial charge in [0.05, 0.1) is 5.92 Å². The fraction of sp³-hybridized carbons (Fsp3) is 0.667. The summed E-state index contributed by atoms with van der Waals surface area (Å²) in [4.78, 5) is 20.8. The molecule has 0 aromatic rings. The summed E-state index contributed by atoms with van der Waals surface area (Å²) in [5, 5.41) is 11.0. The number of amides is 1. The minimum Gasteiger partial charge on any atom is -0.481 e. The molecule has 0 bridgehead atoms. The highest BCUT2D eigenvalue weighted by Gasteiger charge is 2.23. The lowest BCUT2D eigenvalue weighted by molar-refractivity contribution is -0.143. The van der Waals surface area contributed by atoms with Crippen molar-refractivity contribution in [3.05, 3.63) is 0 Å². The van der Waals surface area contributed by atoms with Crippen LogP contribution in [0.4, 0.5) is 0 Å². The molecule has 1 heterocycles. The van der Waals surface area contributed by atoms with Crippen LogP contribution >= 0.6 is 0 Å². The molecule has 0 aliphatic carbocycles. The van der Waals surface area contributed by atoms with Crippen molar-refractivity contribution in [1.29, 1.82) is 0 Å². The van der Waals surface area contributed by atoms with E-state index in [0.717, 1.165) is 0 Å². The maximum absolute atomic E-state index is 10.5. The molecule has 2 N–H and O–H groups in total. The number of hydrogen-bond donors (Lipinski definition) is 2. The Balaban J connectivity index is 2.40. The van der Waals surface area contributed by atoms with E-state index in [1.165, 1.54) is 0 Å². The summed E-state index contributed by atoms with van der Waals surface area (Å²) in [6.45, 7) is 0.286. The molecule has 0 radical (unpaired) electrons. The third-order valence-corrected chi connectivity index (χ3v) is 1.61. The van der Waals surface area contributed by atoms with Gasteiger partial charge < -0.3 is 10.4 Å². The predicted molar refractivity (Wildman–Crippen MR) is 33.4 cm³/mol. The smallest absolute Gasteiger partial charge is 0.308 e. The fourth-order valence-electron chi connectivity index (χ4n) is 0.944. The molecule has 1 saturated heterocycles. The molecule has 0 spiro atoms. The zero-order valence-corrected chi connectivity index (χ0v) is 5.46. The van der Waals surface area contributed by atoms with Crippen LogP contribution in [0.3, 0.4) is 0 Å². The number of aliphatic carboxylic acids is 1. The number of hydrogen-bond acceptors (Lipinski definition) is 2. The van der Waals surface area contributed by atoms with Crippen molar-refractivity contribution in [2.24, 2.45) is 5.92 Å². The Bertz CT molecular complexity index is 156. The van der Waals surface area contributed by atoms with Crippen molar-refractivity contribution in [2.75, 3.05) is 6.54 Å². The monoisotopic (exact) mass is 143 g/mol. The van der Waals surface area contributed by atoms with E-state index < -0.39 is 5.97 Å². The first-order valence-corrected chi connectivity index (χ1v) is 3.19. The second kappa shape index (κ2) is 2.68. The second-order valence-corrected chi connectivity index (χ2v) is 2.38. The number of carboxylic acid groups (broad SMARTS) is 1. The van der Waals surface area contributed by atoms with Crippen LogP contribution in [0, 0.1) is 5.92 Å². The van der Waals surface area contributed by atoms with E-state index in [0.29, 0.717) is 12.8 Å². The Labute approximate surface area is 58.2 Å². The van der Waals surface area contributed by atoms with E-state index >= 15 is 0 Å². The van der Waals surface area contributed by atoms with Crippen LogP contribution in [0.25, 0.3) is 0 Å². The molecule has 0 aromatic heterocycles. The molecule has 1 fully saturated rings. The van der Waals surface area contributed by atoms with Crippen molar-refractivity contribution < 1.29 is 14.7 Å². The molecule has 4 nitrogen and oxygen atoms in total. The summed E-state index contributed by atoms with van der Waals surface area (Å²) in [6.07, 6.45) is 0.818. The molecule has 0 saturated carbocycles. The summed E-state index contributed by atoms with van der Waals surface area (Å²) in [7, 11) is 0. The predicted octanol–water partition coefficient (Wildman–Crippen LogP) is -0.403. The van der Waals surface area contributed by atoms with Crippen molar-refractivity contribution in [3.63, 3.8) is 0 Å². The first-order chi connectivity index (χ1) is 4.70. The lowest BCUT2D eigenvalue weighted by Crippen LogP contribution is -2.38. The van der Waals surface area contributed by atoms with Gasteiger partial charge in [0.2, 0.25) is 5.91 Å². The Morgan fingerprint density at radius 1 is 1.70 bits per heavy atom. The highest BCUT2D eigenvalue weighted by molar-refractivity contribution is 5.80. The Kier molecular flexibility index (Phi) is 1.89. The van der Waals surface area contributed by atoms with Gasteiger partial charge in [-0.3, -0.25) is 9.59 Å². The molecule has 1 atom stereocenters. The summed E-state index contributed by atoms with van der Waals surface area (Å²) < 4.78 is 0. The van der Waals surface area contributed by atoms with Gasteiger partial charge in [-0.25, -0.2) is 0 Å². The zero-order chi connectivity index (χ0) is 7.56. The van der Waals surface area contributed by atoms with Gasteiger partial charge in [0.1, 0.15) is 0 Å². The Morgan fingerprint density at radius 2 is 2.40 bits per heavy atom. The van der Waals surface area contributed by atoms with Crippen LogP contribution in [0.5, 0.6) is 0 Å². The van der Waals surface area contributed by atoms with Crippen LogP contribution in [0.1, 0.15) is 12.8 Å². The van der Waals surface area contributed by atoms with Crippen LogP contribution < -0.4 is 5.32 Å². The van der Waals surface area contributed by atoms with Crippen LogP contribution in [-0.2, 0) is 9.59 Å². The first kappa shape index (κ1) is 7.05. The maximum Gasteiger partial charge on any atom is 0.308 e. The quantitative estimate of drug-likeness (QED) is 0.524. The van der Waals surface area contributed by atoms with Gasteiger partial charge in [-0.2, -0.15) is 0 Å². The molecule has 1 unspecified atom stereocenters. The highest BCUT2D eigenvalue weighted by Crippen LogP contribution is 2.09. The standard InChI is InChI=1S/C6H9NO3/c8-5-2-1-4(3-7-5)6(9)10/h4H,1-3H2,(H,7,8)(H,9,10). The largest absolute Gasteiger partial charge is 0.481 e. The molecule has 0 aromatic carbocycles. The van der Waals surface area contributed by atoms with Crippen molar-refractivity contribution in [3.8, 4) is 0 Å². The molecule has 4 heteroatoms. The number of carbonyl (C=O) groups excluding carboxylic acids is 1. The second-order valence-electron chi connectivity index (χ2n) is 2.38. The highest BCUT2D eigenvalue weighted by atomic mass is 16.4. The van der Waals surface area contributed by atoms with Gasteiger partial charge in [-0.1, -0.05) is 0 Å². The molecular weight excluding hydrogens is 134 g/mol. The van der Waals surface area contributed by atoms with E-state index in [4.69, 9.17) is 5.11 Å². The molecular formula is C6H9NO3. The van der Waals surface area contributed by atoms with Crippen LogP contribution in [0.15, 0.2) is 0 Å². The van der Waals surface area contributed by atoms with Crippen LogP contribution in [-0.4, -0.2) is 23.5 Å². The lowest BCUT2D eigenvalue weighted by Gasteiger charge is -2.17. The van der Waals surface area contributed by atoms with Crippen molar-refractivity contribution in [2.45, 2.75) is 12.8 Å². The van der Waals surface area contributed by atoms with Crippen molar-refractivity contribution in [1.82, 2.24) is 5.32 Å². The average molecular weight is 143 g/mol. The van der Waals surface area contributed by atoms with Crippen molar-refractivity contribution >= 4 is 11.9 Å². The minimum absolute atomic E-state index is 0.0440. The van der Waals surface area contributed by atoms with Gasteiger partial charge >= 0.3 is 5.97 Å². The number of piperidine rings is 1. The summed E-state index contributed by atoms with van der Waals surface area (Å²) in [6, 6.07) is 0. The molecule has 1 rings (SSSR count). The van der Waals surface area contributed by atoms with E-state index in [1.807, 2.05) is 0 Å². The lowest BCUT2D eigenvalue weighted by atomic mass is 10.00. The number of nitrogens with one attached hydrogen (secondary N) is 1. The minimum atomic E-state index is -0.819. The molecule has 1 amide bonds. The average Bonchev–Trinajstić information content (AvgIpc) is 1.88. The first-order valence-electron chi connectivity index (χ1n) is 3.19. The summed E-state index contributed by atoms with van der Waals surface area (Å²) in [5.74, 6) is -1.24. The van der Waals surface area contributed by atoms with E-state index in [2.05, 4.69) is 5.32 Å². The third-order valence-electron chi connectivity index (χ3n) is 1.61. The normalized spacial score (nSPS) is 25.6. The molecule has 56 valence electrons. The molecule has 10 heavy (non-hydrogen) atoms. The van der Waals surface area contributed by atoms with Gasteiger partial charge in [0.15, 0.2) is 0 Å². The van der Waals surface area contributed by atoms with E-state index in [-0.39, 0.29) is 18.4 Å². The van der Waals surface area contributed by atoms with Gasteiger partial charge in [0.25, 0.3) is 0 Å². The summed E-state index contributed by atoms with van der Waals surface area (Å²) >= 11 is 0.